The molecule has 180 valence electrons. The van der Waals surface area contributed by atoms with Crippen molar-refractivity contribution in [1.29, 1.82) is 0 Å². The normalized spacial score (nSPS) is 11.7. The number of thioether (sulfide) groups is 1. The highest BCUT2D eigenvalue weighted by molar-refractivity contribution is 7.98. The highest BCUT2D eigenvalue weighted by Gasteiger charge is 2.22. The molecule has 0 amide bonds. The third kappa shape index (κ3) is 5.68. The van der Waals surface area contributed by atoms with Crippen molar-refractivity contribution in [3.05, 3.63) is 65.6 Å². The Bertz CT molecular complexity index is 1300. The summed E-state index contributed by atoms with van der Waals surface area (Å²) < 4.78 is 36.4. The molecule has 0 aliphatic rings. The van der Waals surface area contributed by atoms with Crippen molar-refractivity contribution in [2.24, 2.45) is 4.40 Å². The van der Waals surface area contributed by atoms with Gasteiger partial charge in [0.2, 0.25) is 0 Å². The Morgan fingerprint density at radius 1 is 1.18 bits per heavy atom. The molecule has 0 saturated carbocycles. The summed E-state index contributed by atoms with van der Waals surface area (Å²) >= 11 is 1.44. The molecule has 0 saturated heterocycles. The number of benzene rings is 2. The highest BCUT2D eigenvalue weighted by atomic mass is 32.2. The van der Waals surface area contributed by atoms with Gasteiger partial charge in [-0.25, -0.2) is 9.78 Å². The number of carbonyl (C=O) groups is 1. The fourth-order valence-corrected chi connectivity index (χ4v) is 5.27. The summed E-state index contributed by atoms with van der Waals surface area (Å²) in [7, 11) is -0.425. The zero-order valence-electron chi connectivity index (χ0n) is 19.8. The van der Waals surface area contributed by atoms with E-state index in [9.17, 15) is 13.2 Å². The van der Waals surface area contributed by atoms with Crippen LogP contribution in [-0.2, 0) is 21.3 Å². The van der Waals surface area contributed by atoms with Gasteiger partial charge in [0, 0.05) is 26.2 Å². The summed E-state index contributed by atoms with van der Waals surface area (Å²) in [6.07, 6.45) is 3.17. The lowest BCUT2D eigenvalue weighted by Crippen LogP contribution is -2.10. The van der Waals surface area contributed by atoms with Crippen LogP contribution in [0.1, 0.15) is 28.8 Å². The molecule has 3 rings (SSSR count). The lowest BCUT2D eigenvalue weighted by Gasteiger charge is -2.12. The third-order valence-corrected chi connectivity index (χ3v) is 7.05. The van der Waals surface area contributed by atoms with Gasteiger partial charge in [-0.05, 0) is 37.3 Å². The van der Waals surface area contributed by atoms with E-state index in [4.69, 9.17) is 4.74 Å². The van der Waals surface area contributed by atoms with Crippen molar-refractivity contribution in [1.82, 2.24) is 14.5 Å². The van der Waals surface area contributed by atoms with Gasteiger partial charge in [0.15, 0.2) is 5.69 Å². The molecule has 0 aliphatic carbocycles. The van der Waals surface area contributed by atoms with Crippen LogP contribution in [0.5, 0.6) is 0 Å². The van der Waals surface area contributed by atoms with Gasteiger partial charge in [-0.1, -0.05) is 42.5 Å². The predicted octanol–water partition coefficient (Wildman–Crippen LogP) is 4.08. The Hall–Kier alpha value is -3.11. The number of imidazole rings is 1. The number of esters is 1. The van der Waals surface area contributed by atoms with Gasteiger partial charge in [-0.2, -0.15) is 8.42 Å². The maximum atomic E-state index is 12.8. The van der Waals surface area contributed by atoms with Gasteiger partial charge in [0.25, 0.3) is 10.0 Å². The van der Waals surface area contributed by atoms with Crippen LogP contribution >= 0.6 is 11.8 Å². The van der Waals surface area contributed by atoms with E-state index in [0.29, 0.717) is 23.6 Å². The van der Waals surface area contributed by atoms with E-state index in [1.54, 1.807) is 50.2 Å². The van der Waals surface area contributed by atoms with Crippen molar-refractivity contribution in [3.63, 3.8) is 0 Å². The van der Waals surface area contributed by atoms with Gasteiger partial charge in [-0.3, -0.25) is 0 Å². The number of sulfonamides is 1. The molecule has 10 heteroatoms. The Morgan fingerprint density at radius 3 is 2.47 bits per heavy atom. The van der Waals surface area contributed by atoms with Crippen LogP contribution in [0, 0.1) is 6.92 Å². The topological polar surface area (TPSA) is 93.9 Å². The lowest BCUT2D eigenvalue weighted by molar-refractivity contribution is 0.0515. The summed E-state index contributed by atoms with van der Waals surface area (Å²) in [5, 5.41) is 0.746. The first-order valence-corrected chi connectivity index (χ1v) is 13.3. The fourth-order valence-electron chi connectivity index (χ4n) is 3.39. The molecular weight excluding hydrogens is 472 g/mol. The summed E-state index contributed by atoms with van der Waals surface area (Å²) in [4.78, 5) is 18.4. The predicted molar refractivity (Wildman–Crippen MR) is 135 cm³/mol. The number of hydrogen-bond donors (Lipinski definition) is 0. The van der Waals surface area contributed by atoms with Gasteiger partial charge >= 0.3 is 5.97 Å². The largest absolute Gasteiger partial charge is 0.461 e. The Balaban J connectivity index is 1.92. The third-order valence-electron chi connectivity index (χ3n) is 4.96. The first kappa shape index (κ1) is 25.5. The summed E-state index contributed by atoms with van der Waals surface area (Å²) in [5.74, 6) is 0.283. The van der Waals surface area contributed by atoms with Crippen LogP contribution in [0.4, 0.5) is 0 Å². The molecular formula is C24H28N4O4S2. The molecule has 0 aliphatic heterocycles. The van der Waals surface area contributed by atoms with Crippen LogP contribution in [0.25, 0.3) is 11.1 Å². The molecule has 0 N–H and O–H groups in total. The zero-order valence-corrected chi connectivity index (χ0v) is 21.5. The quantitative estimate of drug-likeness (QED) is 0.189. The van der Waals surface area contributed by atoms with Crippen LogP contribution in [0.3, 0.4) is 0 Å². The molecule has 1 aromatic heterocycles. The maximum Gasteiger partial charge on any atom is 0.359 e. The summed E-state index contributed by atoms with van der Waals surface area (Å²) in [6, 6.07) is 14.5. The number of carbonyl (C=O) groups excluding carboxylic acids is 1. The second-order valence-corrected chi connectivity index (χ2v) is 10.1. The first-order valence-electron chi connectivity index (χ1n) is 10.6. The van der Waals surface area contributed by atoms with Crippen molar-refractivity contribution in [3.8, 4) is 11.1 Å². The van der Waals surface area contributed by atoms with Crippen molar-refractivity contribution < 1.29 is 17.9 Å². The van der Waals surface area contributed by atoms with Crippen LogP contribution in [-0.4, -0.2) is 62.1 Å². The second-order valence-electron chi connectivity index (χ2n) is 7.68. The molecule has 1 heterocycles. The lowest BCUT2D eigenvalue weighted by atomic mass is 10.0. The van der Waals surface area contributed by atoms with E-state index in [1.807, 2.05) is 42.0 Å². The highest BCUT2D eigenvalue weighted by Crippen LogP contribution is 2.29. The van der Waals surface area contributed by atoms with Crippen molar-refractivity contribution in [2.45, 2.75) is 30.3 Å². The summed E-state index contributed by atoms with van der Waals surface area (Å²) in [6.45, 7) is 4.42. The Kier molecular flexibility index (Phi) is 8.16. The first-order chi connectivity index (χ1) is 16.2. The SMILES string of the molecule is CCOC(=O)c1nc(C)n(Cc2ccc(-c3ccccc3S(=O)(=O)/N=C/N(C)C)cc2)c1SC. The average molecular weight is 501 g/mol. The Labute approximate surface area is 204 Å². The minimum Gasteiger partial charge on any atom is -0.461 e. The van der Waals surface area contributed by atoms with E-state index >= 15 is 0 Å². The monoisotopic (exact) mass is 500 g/mol. The molecule has 0 bridgehead atoms. The van der Waals surface area contributed by atoms with E-state index in [2.05, 4.69) is 9.38 Å². The van der Waals surface area contributed by atoms with Gasteiger partial charge in [0.05, 0.1) is 11.5 Å². The molecule has 0 unspecified atom stereocenters. The van der Waals surface area contributed by atoms with E-state index in [0.717, 1.165) is 16.2 Å². The van der Waals surface area contributed by atoms with E-state index < -0.39 is 16.0 Å². The van der Waals surface area contributed by atoms with Crippen molar-refractivity contribution >= 4 is 34.1 Å². The molecule has 0 atom stereocenters. The number of aromatic nitrogens is 2. The van der Waals surface area contributed by atoms with Gasteiger partial charge < -0.3 is 14.2 Å². The molecule has 3 aromatic rings. The van der Waals surface area contributed by atoms with E-state index in [-0.39, 0.29) is 11.5 Å². The number of hydrogen-bond acceptors (Lipinski definition) is 6. The smallest absolute Gasteiger partial charge is 0.359 e. The van der Waals surface area contributed by atoms with Crippen LogP contribution in [0.15, 0.2) is 62.9 Å². The van der Waals surface area contributed by atoms with Crippen LogP contribution < -0.4 is 0 Å². The zero-order chi connectivity index (χ0) is 24.9. The number of nitrogens with zero attached hydrogens (tertiary/aromatic N) is 4. The molecule has 0 fully saturated rings. The summed E-state index contributed by atoms with van der Waals surface area (Å²) in [5.41, 5.74) is 2.66. The molecule has 0 radical (unpaired) electrons. The minimum atomic E-state index is -3.85. The molecule has 0 spiro atoms. The van der Waals surface area contributed by atoms with E-state index in [1.165, 1.54) is 18.1 Å². The van der Waals surface area contributed by atoms with Crippen LogP contribution in [0.2, 0.25) is 0 Å². The molecule has 34 heavy (non-hydrogen) atoms. The maximum absolute atomic E-state index is 12.8. The standard InChI is InChI=1S/C24H28N4O4S2/c1-6-32-24(29)22-23(33-5)28(17(2)26-22)15-18-11-13-19(14-12-18)20-9-7-8-10-21(20)34(30,31)25-16-27(3)4/h7-14,16H,6,15H2,1-5H3/b25-16+. The molecule has 2 aromatic carbocycles. The second kappa shape index (κ2) is 10.9. The van der Waals surface area contributed by atoms with Crippen molar-refractivity contribution in [2.75, 3.05) is 27.0 Å². The number of ether oxygens (including phenoxy) is 1. The average Bonchev–Trinajstić information content (AvgIpc) is 3.13. The molecule has 8 nitrogen and oxygen atoms in total. The minimum absolute atomic E-state index is 0.148. The fraction of sp³-hybridized carbons (Fsp3) is 0.292. The Morgan fingerprint density at radius 2 is 1.85 bits per heavy atom. The number of aryl methyl sites for hydroxylation is 1. The van der Waals surface area contributed by atoms with Gasteiger partial charge in [-0.15, -0.1) is 16.2 Å². The number of rotatable bonds is 9. The van der Waals surface area contributed by atoms with Gasteiger partial charge in [0.1, 0.15) is 17.2 Å².